The molecule has 1 aromatic heterocycles. The zero-order valence-electron chi connectivity index (χ0n) is 13.8. The number of hydrogen-bond acceptors (Lipinski definition) is 4. The molecule has 0 amide bonds. The predicted octanol–water partition coefficient (Wildman–Crippen LogP) is 2.09. The van der Waals surface area contributed by atoms with Gasteiger partial charge in [-0.2, -0.15) is 0 Å². The lowest BCUT2D eigenvalue weighted by atomic mass is 9.98. The molecule has 0 atom stereocenters. The molecule has 4 nitrogen and oxygen atoms in total. The summed E-state index contributed by atoms with van der Waals surface area (Å²) in [5.74, 6) is 0.486. The largest absolute Gasteiger partial charge is 0.395 e. The standard InChI is InChI=1S/C17H29N3O/c1-14(2)16-6-5-15(11-18-16)12-19-7-8-20(9-10-21)17(3,4)13-19/h5-6,11,14,21H,7-10,12-13H2,1-4H3. The molecule has 0 spiro atoms. The van der Waals surface area contributed by atoms with E-state index in [4.69, 9.17) is 5.11 Å². The van der Waals surface area contributed by atoms with E-state index in [1.54, 1.807) is 0 Å². The highest BCUT2D eigenvalue weighted by Gasteiger charge is 2.32. The van der Waals surface area contributed by atoms with Crippen molar-refractivity contribution in [3.05, 3.63) is 29.6 Å². The van der Waals surface area contributed by atoms with Gasteiger partial charge in [-0.1, -0.05) is 19.9 Å². The molecule has 4 heteroatoms. The van der Waals surface area contributed by atoms with Crippen molar-refractivity contribution in [2.75, 3.05) is 32.8 Å². The van der Waals surface area contributed by atoms with Crippen LogP contribution in [0.1, 0.15) is 44.9 Å². The Morgan fingerprint density at radius 2 is 2.05 bits per heavy atom. The van der Waals surface area contributed by atoms with Crippen LogP contribution >= 0.6 is 0 Å². The van der Waals surface area contributed by atoms with Crippen LogP contribution in [0, 0.1) is 0 Å². The first-order valence-corrected chi connectivity index (χ1v) is 7.95. The molecule has 0 bridgehead atoms. The summed E-state index contributed by atoms with van der Waals surface area (Å²) < 4.78 is 0. The molecule has 0 aliphatic carbocycles. The quantitative estimate of drug-likeness (QED) is 0.902. The van der Waals surface area contributed by atoms with Crippen molar-refractivity contribution < 1.29 is 5.11 Å². The Labute approximate surface area is 128 Å². The van der Waals surface area contributed by atoms with Gasteiger partial charge in [-0.05, 0) is 31.4 Å². The minimum Gasteiger partial charge on any atom is -0.395 e. The van der Waals surface area contributed by atoms with E-state index in [1.165, 1.54) is 5.56 Å². The Balaban J connectivity index is 1.95. The van der Waals surface area contributed by atoms with Gasteiger partial charge in [-0.3, -0.25) is 14.8 Å². The number of aromatic nitrogens is 1. The average Bonchev–Trinajstić information content (AvgIpc) is 2.42. The Morgan fingerprint density at radius 1 is 1.29 bits per heavy atom. The van der Waals surface area contributed by atoms with E-state index in [1.807, 2.05) is 6.20 Å². The van der Waals surface area contributed by atoms with Crippen LogP contribution in [0.25, 0.3) is 0 Å². The molecule has 0 saturated carbocycles. The van der Waals surface area contributed by atoms with Crippen molar-refractivity contribution in [3.63, 3.8) is 0 Å². The summed E-state index contributed by atoms with van der Waals surface area (Å²) in [5.41, 5.74) is 2.56. The first-order chi connectivity index (χ1) is 9.92. The molecular formula is C17H29N3O. The molecule has 1 aliphatic heterocycles. The van der Waals surface area contributed by atoms with Gasteiger partial charge in [0.15, 0.2) is 0 Å². The number of nitrogens with zero attached hydrogens (tertiary/aromatic N) is 3. The smallest absolute Gasteiger partial charge is 0.0558 e. The van der Waals surface area contributed by atoms with Crippen LogP contribution in [0.15, 0.2) is 18.3 Å². The van der Waals surface area contributed by atoms with Crippen LogP contribution in [0.4, 0.5) is 0 Å². The monoisotopic (exact) mass is 291 g/mol. The third kappa shape index (κ3) is 4.25. The van der Waals surface area contributed by atoms with E-state index in [2.05, 4.69) is 54.6 Å². The van der Waals surface area contributed by atoms with Crippen molar-refractivity contribution in [1.82, 2.24) is 14.8 Å². The summed E-state index contributed by atoms with van der Waals surface area (Å²) in [6, 6.07) is 4.35. The van der Waals surface area contributed by atoms with Gasteiger partial charge in [-0.15, -0.1) is 0 Å². The van der Waals surface area contributed by atoms with Crippen LogP contribution in [0.5, 0.6) is 0 Å². The SMILES string of the molecule is CC(C)c1ccc(CN2CCN(CCO)C(C)(C)C2)cn1. The zero-order valence-corrected chi connectivity index (χ0v) is 13.8. The molecule has 1 fully saturated rings. The van der Waals surface area contributed by atoms with Gasteiger partial charge in [0, 0.05) is 50.2 Å². The van der Waals surface area contributed by atoms with Crippen molar-refractivity contribution in [2.45, 2.75) is 45.7 Å². The van der Waals surface area contributed by atoms with Gasteiger partial charge in [0.25, 0.3) is 0 Å². The Bertz CT molecular complexity index is 442. The van der Waals surface area contributed by atoms with Crippen LogP contribution in [-0.4, -0.2) is 58.2 Å². The van der Waals surface area contributed by atoms with Gasteiger partial charge in [-0.25, -0.2) is 0 Å². The fourth-order valence-corrected chi connectivity index (χ4v) is 3.09. The van der Waals surface area contributed by atoms with Crippen molar-refractivity contribution in [3.8, 4) is 0 Å². The summed E-state index contributed by atoms with van der Waals surface area (Å²) in [4.78, 5) is 9.42. The first kappa shape index (κ1) is 16.4. The van der Waals surface area contributed by atoms with E-state index >= 15 is 0 Å². The number of β-amino-alcohol motifs (C(OH)–C–C–N with tert-alkyl or cyclic N) is 1. The highest BCUT2D eigenvalue weighted by atomic mass is 16.3. The topological polar surface area (TPSA) is 39.6 Å². The second kappa shape index (κ2) is 6.86. The van der Waals surface area contributed by atoms with Crippen molar-refractivity contribution in [1.29, 1.82) is 0 Å². The lowest BCUT2D eigenvalue weighted by molar-refractivity contribution is 0.00634. The number of pyridine rings is 1. The van der Waals surface area contributed by atoms with E-state index in [0.29, 0.717) is 5.92 Å². The molecule has 1 aliphatic rings. The highest BCUT2D eigenvalue weighted by Crippen LogP contribution is 2.22. The van der Waals surface area contributed by atoms with Crippen LogP contribution < -0.4 is 0 Å². The molecule has 0 unspecified atom stereocenters. The van der Waals surface area contributed by atoms with Crippen LogP contribution in [0.3, 0.4) is 0 Å². The molecule has 2 rings (SSSR count). The Kier molecular flexibility index (Phi) is 5.36. The first-order valence-electron chi connectivity index (χ1n) is 7.95. The summed E-state index contributed by atoms with van der Waals surface area (Å²) in [6.45, 7) is 13.9. The maximum atomic E-state index is 9.16. The molecule has 21 heavy (non-hydrogen) atoms. The fraction of sp³-hybridized carbons (Fsp3) is 0.706. The second-order valence-electron chi connectivity index (χ2n) is 6.98. The summed E-state index contributed by atoms with van der Waals surface area (Å²) in [7, 11) is 0. The maximum absolute atomic E-state index is 9.16. The van der Waals surface area contributed by atoms with E-state index in [0.717, 1.165) is 38.4 Å². The molecule has 1 N–H and O–H groups in total. The van der Waals surface area contributed by atoms with Crippen molar-refractivity contribution >= 4 is 0 Å². The molecular weight excluding hydrogens is 262 g/mol. The van der Waals surface area contributed by atoms with Gasteiger partial charge in [0.05, 0.1) is 6.61 Å². The molecule has 1 aromatic rings. The molecule has 118 valence electrons. The Hall–Kier alpha value is -0.970. The second-order valence-corrected chi connectivity index (χ2v) is 6.98. The Morgan fingerprint density at radius 3 is 2.57 bits per heavy atom. The minimum atomic E-state index is 0.117. The molecule has 1 saturated heterocycles. The summed E-state index contributed by atoms with van der Waals surface area (Å²) in [5, 5.41) is 9.16. The minimum absolute atomic E-state index is 0.117. The van der Waals surface area contributed by atoms with Crippen LogP contribution in [0.2, 0.25) is 0 Å². The summed E-state index contributed by atoms with van der Waals surface area (Å²) >= 11 is 0. The van der Waals surface area contributed by atoms with E-state index in [-0.39, 0.29) is 12.1 Å². The third-order valence-corrected chi connectivity index (χ3v) is 4.37. The van der Waals surface area contributed by atoms with E-state index in [9.17, 15) is 0 Å². The number of piperazine rings is 1. The van der Waals surface area contributed by atoms with Crippen molar-refractivity contribution in [2.24, 2.45) is 0 Å². The van der Waals surface area contributed by atoms with Gasteiger partial charge < -0.3 is 5.11 Å². The van der Waals surface area contributed by atoms with Crippen LogP contribution in [-0.2, 0) is 6.54 Å². The maximum Gasteiger partial charge on any atom is 0.0558 e. The highest BCUT2D eigenvalue weighted by molar-refractivity contribution is 5.16. The fourth-order valence-electron chi connectivity index (χ4n) is 3.09. The average molecular weight is 291 g/mol. The van der Waals surface area contributed by atoms with Gasteiger partial charge in [0.1, 0.15) is 0 Å². The number of aliphatic hydroxyl groups is 1. The zero-order chi connectivity index (χ0) is 15.5. The summed E-state index contributed by atoms with van der Waals surface area (Å²) in [6.07, 6.45) is 2.02. The van der Waals surface area contributed by atoms with E-state index < -0.39 is 0 Å². The molecule has 2 heterocycles. The third-order valence-electron chi connectivity index (χ3n) is 4.37. The van der Waals surface area contributed by atoms with Gasteiger partial charge >= 0.3 is 0 Å². The molecule has 0 radical (unpaired) electrons. The lowest BCUT2D eigenvalue weighted by Crippen LogP contribution is -2.59. The normalized spacial score (nSPS) is 20.1. The number of rotatable bonds is 5. The lowest BCUT2D eigenvalue weighted by Gasteiger charge is -2.47. The van der Waals surface area contributed by atoms with Gasteiger partial charge in [0.2, 0.25) is 0 Å². The predicted molar refractivity (Wildman–Crippen MR) is 86.3 cm³/mol. The number of hydrogen-bond donors (Lipinski definition) is 1. The molecule has 0 aromatic carbocycles. The number of aliphatic hydroxyl groups excluding tert-OH is 1.